The van der Waals surface area contributed by atoms with Crippen LogP contribution in [0.1, 0.15) is 0 Å². The summed E-state index contributed by atoms with van der Waals surface area (Å²) in [5.74, 6) is 0. The van der Waals surface area contributed by atoms with Gasteiger partial charge in [0, 0.05) is 44.3 Å². The average molecular weight is 881 g/mol. The summed E-state index contributed by atoms with van der Waals surface area (Å²) in [5.41, 5.74) is 20.4. The molecule has 0 spiro atoms. The van der Waals surface area contributed by atoms with Crippen LogP contribution in [0.2, 0.25) is 0 Å². The first-order valence-electron chi connectivity index (χ1n) is 23.6. The summed E-state index contributed by atoms with van der Waals surface area (Å²) in [4.78, 5) is 2.35. The van der Waals surface area contributed by atoms with Gasteiger partial charge in [-0.15, -0.1) is 0 Å². The molecule has 3 heteroatoms. The molecule has 0 aliphatic carbocycles. The van der Waals surface area contributed by atoms with Crippen LogP contribution in [0.4, 0.5) is 17.1 Å². The van der Waals surface area contributed by atoms with E-state index < -0.39 is 0 Å². The highest BCUT2D eigenvalue weighted by Gasteiger charge is 2.16. The maximum absolute atomic E-state index is 6.15. The Labute approximate surface area is 401 Å². The molecule has 0 aliphatic heterocycles. The van der Waals surface area contributed by atoms with E-state index in [2.05, 4.69) is 264 Å². The molecule has 0 saturated carbocycles. The Kier molecular flexibility index (Phi) is 9.84. The van der Waals surface area contributed by atoms with Crippen molar-refractivity contribution in [2.75, 3.05) is 4.90 Å². The van der Waals surface area contributed by atoms with E-state index in [-0.39, 0.29) is 0 Å². The monoisotopic (exact) mass is 880 g/mol. The van der Waals surface area contributed by atoms with Crippen LogP contribution < -0.4 is 4.90 Å². The lowest BCUT2D eigenvalue weighted by molar-refractivity contribution is 0.669. The zero-order chi connectivity index (χ0) is 45.7. The van der Waals surface area contributed by atoms with Crippen molar-refractivity contribution < 1.29 is 4.42 Å². The zero-order valence-corrected chi connectivity index (χ0v) is 37.7. The molecule has 2 aromatic heterocycles. The summed E-state index contributed by atoms with van der Waals surface area (Å²) >= 11 is 0. The SMILES string of the molecule is c1ccc(-c2cccc(-c3ccc(N(c4ccc(-c5cccc(-c6cccc(-n7c8ccccc8c8ccccc87)c6)c5)cc4)c4ccc(-c5ccc6oc7ccccc7c6c5)cc4)cc3)c2)cc1. The summed E-state index contributed by atoms with van der Waals surface area (Å²) in [7, 11) is 0. The number of aromatic nitrogens is 1. The van der Waals surface area contributed by atoms with Crippen LogP contribution in [0.3, 0.4) is 0 Å². The molecule has 3 nitrogen and oxygen atoms in total. The molecule has 2 heterocycles. The quantitative estimate of drug-likeness (QED) is 0.144. The largest absolute Gasteiger partial charge is 0.456 e. The number of nitrogens with zero attached hydrogens (tertiary/aromatic N) is 2. The lowest BCUT2D eigenvalue weighted by Gasteiger charge is -2.26. The second-order valence-corrected chi connectivity index (χ2v) is 17.7. The minimum absolute atomic E-state index is 0.901. The van der Waals surface area contributed by atoms with E-state index in [4.69, 9.17) is 4.42 Å². The lowest BCUT2D eigenvalue weighted by atomic mass is 9.98. The molecular formula is C66H44N2O. The van der Waals surface area contributed by atoms with Crippen LogP contribution in [0, 0.1) is 0 Å². The molecule has 0 radical (unpaired) electrons. The van der Waals surface area contributed by atoms with Crippen molar-refractivity contribution in [3.63, 3.8) is 0 Å². The molecule has 11 aromatic carbocycles. The summed E-state index contributed by atoms with van der Waals surface area (Å²) in [6.07, 6.45) is 0. The summed E-state index contributed by atoms with van der Waals surface area (Å²) < 4.78 is 8.53. The number of hydrogen-bond acceptors (Lipinski definition) is 2. The average Bonchev–Trinajstić information content (AvgIpc) is 3.97. The van der Waals surface area contributed by atoms with E-state index >= 15 is 0 Å². The molecule has 0 aliphatic rings. The van der Waals surface area contributed by atoms with Gasteiger partial charge in [-0.3, -0.25) is 0 Å². The Morgan fingerprint density at radius 3 is 1.17 bits per heavy atom. The first-order chi connectivity index (χ1) is 34.2. The van der Waals surface area contributed by atoms with Gasteiger partial charge in [0.25, 0.3) is 0 Å². The van der Waals surface area contributed by atoms with E-state index in [1.54, 1.807) is 0 Å². The maximum atomic E-state index is 6.15. The minimum Gasteiger partial charge on any atom is -0.456 e. The number of para-hydroxylation sites is 3. The highest BCUT2D eigenvalue weighted by Crippen LogP contribution is 2.40. The fourth-order valence-corrected chi connectivity index (χ4v) is 10.2. The van der Waals surface area contributed by atoms with E-state index in [0.29, 0.717) is 0 Å². The first kappa shape index (κ1) is 40.1. The van der Waals surface area contributed by atoms with Gasteiger partial charge in [-0.1, -0.05) is 176 Å². The summed E-state index contributed by atoms with van der Waals surface area (Å²) in [6.45, 7) is 0. The first-order valence-corrected chi connectivity index (χ1v) is 23.6. The topological polar surface area (TPSA) is 21.3 Å². The van der Waals surface area contributed by atoms with Crippen molar-refractivity contribution in [2.24, 2.45) is 0 Å². The highest BCUT2D eigenvalue weighted by molar-refractivity contribution is 6.09. The van der Waals surface area contributed by atoms with Crippen LogP contribution in [-0.2, 0) is 0 Å². The van der Waals surface area contributed by atoms with Crippen molar-refractivity contribution in [2.45, 2.75) is 0 Å². The van der Waals surface area contributed by atoms with Gasteiger partial charge >= 0.3 is 0 Å². The van der Waals surface area contributed by atoms with Crippen molar-refractivity contribution in [3.05, 3.63) is 267 Å². The van der Waals surface area contributed by atoms with Gasteiger partial charge in [-0.05, 0) is 147 Å². The Balaban J connectivity index is 0.841. The molecule has 0 fully saturated rings. The second-order valence-electron chi connectivity index (χ2n) is 17.7. The molecule has 13 rings (SSSR count). The summed E-state index contributed by atoms with van der Waals surface area (Å²) in [6, 6.07) is 96.1. The van der Waals surface area contributed by atoms with Crippen molar-refractivity contribution in [1.29, 1.82) is 0 Å². The number of benzene rings is 11. The van der Waals surface area contributed by atoms with E-state index in [9.17, 15) is 0 Å². The molecule has 0 atom stereocenters. The predicted molar refractivity (Wildman–Crippen MR) is 290 cm³/mol. The van der Waals surface area contributed by atoms with Crippen LogP contribution in [-0.4, -0.2) is 4.57 Å². The van der Waals surface area contributed by atoms with Gasteiger partial charge in [0.05, 0.1) is 11.0 Å². The van der Waals surface area contributed by atoms with Crippen LogP contribution in [0.25, 0.3) is 105 Å². The molecule has 69 heavy (non-hydrogen) atoms. The molecule has 13 aromatic rings. The van der Waals surface area contributed by atoms with Gasteiger partial charge in [-0.2, -0.15) is 0 Å². The van der Waals surface area contributed by atoms with Crippen molar-refractivity contribution in [3.8, 4) is 61.3 Å². The highest BCUT2D eigenvalue weighted by atomic mass is 16.3. The number of anilines is 3. The minimum atomic E-state index is 0.901. The fourth-order valence-electron chi connectivity index (χ4n) is 10.2. The van der Waals surface area contributed by atoms with E-state index in [0.717, 1.165) is 61.4 Å². The van der Waals surface area contributed by atoms with Crippen LogP contribution in [0.15, 0.2) is 271 Å². The number of fused-ring (bicyclic) bond motifs is 6. The van der Waals surface area contributed by atoms with Gasteiger partial charge < -0.3 is 13.9 Å². The van der Waals surface area contributed by atoms with Gasteiger partial charge in [-0.25, -0.2) is 0 Å². The lowest BCUT2D eigenvalue weighted by Crippen LogP contribution is -2.09. The summed E-state index contributed by atoms with van der Waals surface area (Å²) in [5, 5.41) is 4.78. The number of rotatable bonds is 9. The Bertz CT molecular complexity index is 3940. The maximum Gasteiger partial charge on any atom is 0.135 e. The predicted octanol–water partition coefficient (Wildman–Crippen LogP) is 18.5. The van der Waals surface area contributed by atoms with Gasteiger partial charge in [0.15, 0.2) is 0 Å². The zero-order valence-electron chi connectivity index (χ0n) is 37.7. The van der Waals surface area contributed by atoms with E-state index in [1.807, 2.05) is 12.1 Å². The molecule has 0 saturated heterocycles. The van der Waals surface area contributed by atoms with Gasteiger partial charge in [0.1, 0.15) is 11.2 Å². The fraction of sp³-hybridized carbons (Fsp3) is 0. The third kappa shape index (κ3) is 7.34. The molecule has 324 valence electrons. The smallest absolute Gasteiger partial charge is 0.135 e. The Morgan fingerprint density at radius 2 is 0.623 bits per heavy atom. The standard InChI is InChI=1S/C66H44N2O/c1-2-13-45(14-3-1)49-15-10-16-50(41-49)46-27-34-55(35-28-46)67(57-38-31-48(32-39-57)54-33-40-66-62(44-54)61-23-6-9-26-65(61)69-66)56-36-29-47(30-37-56)51-17-11-18-52(42-51)53-19-12-20-58(43-53)68-63-24-7-4-21-59(63)60-22-5-8-25-64(60)68/h1-44H. The third-order valence-corrected chi connectivity index (χ3v) is 13.6. The molecule has 0 bridgehead atoms. The third-order valence-electron chi connectivity index (χ3n) is 13.6. The van der Waals surface area contributed by atoms with Crippen molar-refractivity contribution >= 4 is 60.8 Å². The Morgan fingerprint density at radius 1 is 0.246 bits per heavy atom. The molecule has 0 amide bonds. The molecular weight excluding hydrogens is 837 g/mol. The molecule has 0 N–H and O–H groups in total. The van der Waals surface area contributed by atoms with Crippen molar-refractivity contribution in [1.82, 2.24) is 4.57 Å². The number of hydrogen-bond donors (Lipinski definition) is 0. The van der Waals surface area contributed by atoms with Crippen LogP contribution >= 0.6 is 0 Å². The normalized spacial score (nSPS) is 11.5. The number of furan rings is 1. The van der Waals surface area contributed by atoms with Crippen LogP contribution in [0.5, 0.6) is 0 Å². The second kappa shape index (κ2) is 16.9. The molecule has 0 unspecified atom stereocenters. The van der Waals surface area contributed by atoms with Gasteiger partial charge in [0.2, 0.25) is 0 Å². The van der Waals surface area contributed by atoms with E-state index in [1.165, 1.54) is 60.8 Å². The Hall–Kier alpha value is -9.18.